The van der Waals surface area contributed by atoms with Crippen LogP contribution in [0, 0.1) is 6.92 Å². The number of nitrogens with one attached hydrogen (secondary N) is 2. The summed E-state index contributed by atoms with van der Waals surface area (Å²) in [5.74, 6) is 0.509. The molecule has 100 valence electrons. The first-order valence-electron chi connectivity index (χ1n) is 5.91. The third kappa shape index (κ3) is 2.43. The van der Waals surface area contributed by atoms with Crippen LogP contribution in [0.3, 0.4) is 0 Å². The number of aromatic nitrogens is 4. The predicted molar refractivity (Wildman–Crippen MR) is 76.6 cm³/mol. The Kier molecular flexibility index (Phi) is 3.26. The summed E-state index contributed by atoms with van der Waals surface area (Å²) >= 11 is 1.33. The number of rotatable bonds is 3. The quantitative estimate of drug-likeness (QED) is 0.774. The van der Waals surface area contributed by atoms with Crippen LogP contribution in [0.2, 0.25) is 0 Å². The van der Waals surface area contributed by atoms with Crippen molar-refractivity contribution in [2.45, 2.75) is 6.92 Å². The smallest absolute Gasteiger partial charge is 0.267 e. The van der Waals surface area contributed by atoms with Gasteiger partial charge in [-0.2, -0.15) is 5.10 Å². The number of thiazole rings is 1. The Morgan fingerprint density at radius 2 is 2.25 bits per heavy atom. The van der Waals surface area contributed by atoms with Crippen molar-refractivity contribution < 1.29 is 4.79 Å². The molecule has 2 N–H and O–H groups in total. The van der Waals surface area contributed by atoms with Gasteiger partial charge in [0.1, 0.15) is 11.2 Å². The first-order valence-corrected chi connectivity index (χ1v) is 6.79. The summed E-state index contributed by atoms with van der Waals surface area (Å²) < 4.78 is 0. The maximum absolute atomic E-state index is 12.1. The van der Waals surface area contributed by atoms with Crippen molar-refractivity contribution in [2.24, 2.45) is 0 Å². The van der Waals surface area contributed by atoms with Gasteiger partial charge in [0.25, 0.3) is 5.91 Å². The van der Waals surface area contributed by atoms with Crippen molar-refractivity contribution in [1.29, 1.82) is 0 Å². The topological polar surface area (TPSA) is 83.6 Å². The Balaban J connectivity index is 1.83. The second kappa shape index (κ2) is 5.22. The van der Waals surface area contributed by atoms with Gasteiger partial charge < -0.3 is 5.32 Å². The van der Waals surface area contributed by atoms with E-state index in [2.05, 4.69) is 25.5 Å². The zero-order valence-corrected chi connectivity index (χ0v) is 11.4. The fourth-order valence-corrected chi connectivity index (χ4v) is 2.49. The van der Waals surface area contributed by atoms with E-state index in [1.54, 1.807) is 5.51 Å². The highest BCUT2D eigenvalue weighted by Crippen LogP contribution is 2.20. The normalized spacial score (nSPS) is 10.4. The lowest BCUT2D eigenvalue weighted by Crippen LogP contribution is -2.11. The molecule has 1 aromatic carbocycles. The Bertz CT molecular complexity index is 735. The Labute approximate surface area is 118 Å². The second-order valence-corrected chi connectivity index (χ2v) is 4.99. The van der Waals surface area contributed by atoms with E-state index in [-0.39, 0.29) is 5.91 Å². The van der Waals surface area contributed by atoms with Crippen LogP contribution in [0.1, 0.15) is 15.4 Å². The minimum Gasteiger partial charge on any atom is -0.321 e. The van der Waals surface area contributed by atoms with Gasteiger partial charge in [0.05, 0.1) is 11.2 Å². The molecular weight excluding hydrogens is 274 g/mol. The van der Waals surface area contributed by atoms with Gasteiger partial charge >= 0.3 is 0 Å². The van der Waals surface area contributed by atoms with Crippen LogP contribution in [0.5, 0.6) is 0 Å². The number of anilines is 1. The molecule has 2 aromatic heterocycles. The first-order chi connectivity index (χ1) is 9.74. The number of hydrogen-bond acceptors (Lipinski definition) is 5. The lowest BCUT2D eigenvalue weighted by atomic mass is 10.2. The van der Waals surface area contributed by atoms with Crippen LogP contribution in [-0.2, 0) is 0 Å². The molecule has 3 rings (SSSR count). The number of amides is 1. The van der Waals surface area contributed by atoms with E-state index in [0.717, 1.165) is 11.3 Å². The molecule has 0 saturated heterocycles. The zero-order chi connectivity index (χ0) is 13.9. The second-order valence-electron chi connectivity index (χ2n) is 4.14. The van der Waals surface area contributed by atoms with Gasteiger partial charge in [0, 0.05) is 11.3 Å². The van der Waals surface area contributed by atoms with Crippen molar-refractivity contribution in [3.8, 4) is 11.4 Å². The summed E-state index contributed by atoms with van der Waals surface area (Å²) in [7, 11) is 0. The van der Waals surface area contributed by atoms with Crippen molar-refractivity contribution in [1.82, 2.24) is 20.2 Å². The minimum atomic E-state index is -0.153. The van der Waals surface area contributed by atoms with Gasteiger partial charge in [0.15, 0.2) is 5.82 Å². The highest BCUT2D eigenvalue weighted by Gasteiger charge is 2.12. The predicted octanol–water partition coefficient (Wildman–Crippen LogP) is 2.49. The Hall–Kier alpha value is -2.54. The van der Waals surface area contributed by atoms with E-state index < -0.39 is 0 Å². The number of carbonyl (C=O) groups excluding carboxylic acids is 1. The lowest BCUT2D eigenvalue weighted by Gasteiger charge is -2.05. The summed E-state index contributed by atoms with van der Waals surface area (Å²) in [6, 6.07) is 7.42. The zero-order valence-electron chi connectivity index (χ0n) is 10.6. The van der Waals surface area contributed by atoms with Gasteiger partial charge in [0.2, 0.25) is 0 Å². The molecule has 20 heavy (non-hydrogen) atoms. The molecule has 2 heterocycles. The Morgan fingerprint density at radius 3 is 2.95 bits per heavy atom. The number of carbonyl (C=O) groups is 1. The molecule has 0 aliphatic heterocycles. The highest BCUT2D eigenvalue weighted by molar-refractivity contribution is 7.12. The number of aryl methyl sites for hydroxylation is 1. The largest absolute Gasteiger partial charge is 0.321 e. The number of hydrogen-bond donors (Lipinski definition) is 2. The van der Waals surface area contributed by atoms with Gasteiger partial charge in [-0.05, 0) is 19.1 Å². The number of H-pyrrole nitrogens is 1. The van der Waals surface area contributed by atoms with Gasteiger partial charge in [-0.25, -0.2) is 9.97 Å². The summed E-state index contributed by atoms with van der Waals surface area (Å²) in [4.78, 5) is 20.9. The van der Waals surface area contributed by atoms with E-state index in [0.29, 0.717) is 16.4 Å². The van der Waals surface area contributed by atoms with Crippen molar-refractivity contribution >= 4 is 22.9 Å². The van der Waals surface area contributed by atoms with Crippen LogP contribution < -0.4 is 5.32 Å². The molecule has 3 aromatic rings. The van der Waals surface area contributed by atoms with Crippen LogP contribution >= 0.6 is 11.3 Å². The highest BCUT2D eigenvalue weighted by atomic mass is 32.1. The minimum absolute atomic E-state index is 0.153. The summed E-state index contributed by atoms with van der Waals surface area (Å²) in [5.41, 5.74) is 3.96. The third-order valence-electron chi connectivity index (χ3n) is 2.76. The molecule has 7 heteroatoms. The summed E-state index contributed by atoms with van der Waals surface area (Å²) in [5, 5.41) is 9.46. The van der Waals surface area contributed by atoms with Crippen molar-refractivity contribution in [2.75, 3.05) is 5.32 Å². The van der Waals surface area contributed by atoms with E-state index in [4.69, 9.17) is 0 Å². The number of nitrogens with zero attached hydrogens (tertiary/aromatic N) is 3. The summed E-state index contributed by atoms with van der Waals surface area (Å²) in [6.07, 6.45) is 1.45. The van der Waals surface area contributed by atoms with Crippen molar-refractivity contribution in [3.05, 3.63) is 46.7 Å². The molecule has 1 amide bonds. The average molecular weight is 285 g/mol. The van der Waals surface area contributed by atoms with E-state index >= 15 is 0 Å². The molecule has 0 radical (unpaired) electrons. The Morgan fingerprint density at radius 1 is 1.35 bits per heavy atom. The van der Waals surface area contributed by atoms with Crippen molar-refractivity contribution in [3.63, 3.8) is 0 Å². The molecule has 0 unspecified atom stereocenters. The van der Waals surface area contributed by atoms with Crippen LogP contribution in [0.25, 0.3) is 11.4 Å². The van der Waals surface area contributed by atoms with Gasteiger partial charge in [-0.1, -0.05) is 12.1 Å². The van der Waals surface area contributed by atoms with Crippen LogP contribution in [-0.4, -0.2) is 26.1 Å². The van der Waals surface area contributed by atoms with E-state index in [1.807, 2.05) is 31.2 Å². The maximum Gasteiger partial charge on any atom is 0.267 e. The third-order valence-corrected chi connectivity index (χ3v) is 3.69. The van der Waals surface area contributed by atoms with Gasteiger partial charge in [-0.15, -0.1) is 11.3 Å². The molecule has 0 atom stereocenters. The molecule has 0 bridgehead atoms. The molecule has 0 aliphatic rings. The van der Waals surface area contributed by atoms with Gasteiger partial charge in [-0.3, -0.25) is 9.89 Å². The molecule has 0 saturated carbocycles. The lowest BCUT2D eigenvalue weighted by molar-refractivity contribution is 0.103. The average Bonchev–Trinajstić information content (AvgIpc) is 3.09. The first kappa shape index (κ1) is 12.5. The van der Waals surface area contributed by atoms with Crippen LogP contribution in [0.4, 0.5) is 5.69 Å². The maximum atomic E-state index is 12.1. The molecule has 0 spiro atoms. The molecule has 6 nitrogen and oxygen atoms in total. The fraction of sp³-hybridized carbons (Fsp3) is 0.0769. The van der Waals surface area contributed by atoms with E-state index in [1.165, 1.54) is 17.7 Å². The van der Waals surface area contributed by atoms with Crippen LogP contribution in [0.15, 0.2) is 36.1 Å². The van der Waals surface area contributed by atoms with E-state index in [9.17, 15) is 4.79 Å². The molecular formula is C13H11N5OS. The summed E-state index contributed by atoms with van der Waals surface area (Å²) in [6.45, 7) is 1.82. The molecule has 0 fully saturated rings. The fourth-order valence-electron chi connectivity index (χ4n) is 1.80. The SMILES string of the molecule is Cc1ncsc1C(=O)Nc1cccc(-c2ncn[nH]2)c1. The molecule has 0 aliphatic carbocycles. The standard InChI is InChI=1S/C13H11N5OS/c1-8-11(20-7-15-8)13(19)17-10-4-2-3-9(5-10)12-14-6-16-18-12/h2-7H,1H3,(H,17,19)(H,14,16,18). The monoisotopic (exact) mass is 285 g/mol. The number of benzene rings is 1. The number of aromatic amines is 1.